The fourth-order valence-corrected chi connectivity index (χ4v) is 1.89. The van der Waals surface area contributed by atoms with Crippen LogP contribution >= 0.6 is 11.6 Å². The number of alkyl halides is 4. The third-order valence-corrected chi connectivity index (χ3v) is 3.02. The molecule has 0 radical (unpaired) electrons. The van der Waals surface area contributed by atoms with E-state index in [0.29, 0.717) is 17.5 Å². The molecule has 0 spiro atoms. The van der Waals surface area contributed by atoms with Gasteiger partial charge in [0.25, 0.3) is 0 Å². The van der Waals surface area contributed by atoms with Gasteiger partial charge in [0.2, 0.25) is 5.89 Å². The molecule has 0 fully saturated rings. The van der Waals surface area contributed by atoms with Crippen molar-refractivity contribution in [2.24, 2.45) is 0 Å². The van der Waals surface area contributed by atoms with Gasteiger partial charge in [-0.15, -0.1) is 11.6 Å². The molecule has 0 aliphatic carbocycles. The van der Waals surface area contributed by atoms with Crippen molar-refractivity contribution in [2.45, 2.75) is 19.0 Å². The Bertz CT molecular complexity index is 676. The Labute approximate surface area is 123 Å². The number of benzene rings is 1. The minimum atomic E-state index is -4.57. The minimum absolute atomic E-state index is 0.00581. The first-order valence-electron chi connectivity index (χ1n) is 5.88. The average Bonchev–Trinajstić information content (AvgIpc) is 2.76. The van der Waals surface area contributed by atoms with Gasteiger partial charge < -0.3 is 4.42 Å². The molecule has 2 nitrogen and oxygen atoms in total. The van der Waals surface area contributed by atoms with Gasteiger partial charge in [0, 0.05) is 11.6 Å². The molecule has 0 unspecified atom stereocenters. The first-order valence-corrected chi connectivity index (χ1v) is 6.42. The van der Waals surface area contributed by atoms with Crippen LogP contribution in [0.1, 0.15) is 28.5 Å². The maximum Gasteiger partial charge on any atom is 0.416 e. The lowest BCUT2D eigenvalue weighted by Gasteiger charge is -2.07. The Kier molecular flexibility index (Phi) is 4.37. The van der Waals surface area contributed by atoms with Crippen LogP contribution in [0.15, 0.2) is 22.6 Å². The van der Waals surface area contributed by atoms with Gasteiger partial charge in [-0.05, 0) is 25.1 Å². The van der Waals surface area contributed by atoms with Crippen molar-refractivity contribution >= 4 is 23.8 Å². The third-order valence-electron chi connectivity index (χ3n) is 2.77. The fraction of sp³-hybridized carbons (Fsp3) is 0.214. The Morgan fingerprint density at radius 2 is 2.00 bits per heavy atom. The monoisotopic (exact) mass is 319 g/mol. The van der Waals surface area contributed by atoms with E-state index in [1.54, 1.807) is 6.92 Å². The van der Waals surface area contributed by atoms with Crippen molar-refractivity contribution in [3.63, 3.8) is 0 Å². The lowest BCUT2D eigenvalue weighted by Crippen LogP contribution is -2.05. The molecule has 2 aromatic rings. The molecule has 112 valence electrons. The summed E-state index contributed by atoms with van der Waals surface area (Å²) in [5.74, 6) is -0.0421. The Morgan fingerprint density at radius 3 is 2.52 bits per heavy atom. The zero-order valence-electron chi connectivity index (χ0n) is 10.8. The summed E-state index contributed by atoms with van der Waals surface area (Å²) in [6.07, 6.45) is -1.91. The molecule has 1 aromatic heterocycles. The Hall–Kier alpha value is -1.82. The molecule has 1 aromatic carbocycles. The average molecular weight is 320 g/mol. The zero-order chi connectivity index (χ0) is 15.6. The molecule has 0 amide bonds. The van der Waals surface area contributed by atoms with Crippen molar-refractivity contribution < 1.29 is 22.0 Å². The number of aromatic nitrogens is 1. The van der Waals surface area contributed by atoms with Crippen molar-refractivity contribution in [2.75, 3.05) is 0 Å². The summed E-state index contributed by atoms with van der Waals surface area (Å²) < 4.78 is 56.1. The molecule has 0 saturated heterocycles. The van der Waals surface area contributed by atoms with Crippen molar-refractivity contribution in [3.8, 4) is 0 Å². The molecular weight excluding hydrogens is 310 g/mol. The fourth-order valence-electron chi connectivity index (χ4n) is 1.65. The molecule has 2 rings (SSSR count). The normalized spacial score (nSPS) is 12.3. The Morgan fingerprint density at radius 1 is 1.29 bits per heavy atom. The topological polar surface area (TPSA) is 26.0 Å². The van der Waals surface area contributed by atoms with E-state index in [9.17, 15) is 17.6 Å². The first-order chi connectivity index (χ1) is 9.81. The van der Waals surface area contributed by atoms with Crippen LogP contribution in [0, 0.1) is 12.7 Å². The second kappa shape index (κ2) is 5.89. The number of oxazole rings is 1. The molecule has 1 heterocycles. The van der Waals surface area contributed by atoms with E-state index in [2.05, 4.69) is 4.98 Å². The molecule has 0 atom stereocenters. The predicted octanol–water partition coefficient (Wildman–Crippen LogP) is 5.05. The second-order valence-corrected chi connectivity index (χ2v) is 4.52. The van der Waals surface area contributed by atoms with Gasteiger partial charge in [0.1, 0.15) is 11.6 Å². The van der Waals surface area contributed by atoms with E-state index in [-0.39, 0.29) is 17.3 Å². The number of halogens is 5. The maximum absolute atomic E-state index is 13.6. The molecule has 0 aliphatic rings. The summed E-state index contributed by atoms with van der Waals surface area (Å²) in [7, 11) is 0. The van der Waals surface area contributed by atoms with Crippen LogP contribution in [0.4, 0.5) is 17.6 Å². The molecule has 0 bridgehead atoms. The van der Waals surface area contributed by atoms with Crippen LogP contribution in [0.5, 0.6) is 0 Å². The molecule has 0 N–H and O–H groups in total. The van der Waals surface area contributed by atoms with E-state index in [1.165, 1.54) is 12.2 Å². The minimum Gasteiger partial charge on any atom is -0.442 e. The number of rotatable bonds is 3. The van der Waals surface area contributed by atoms with Gasteiger partial charge in [-0.3, -0.25) is 0 Å². The van der Waals surface area contributed by atoms with Gasteiger partial charge in [0.15, 0.2) is 0 Å². The van der Waals surface area contributed by atoms with Crippen LogP contribution in [-0.4, -0.2) is 4.98 Å². The summed E-state index contributed by atoms with van der Waals surface area (Å²) in [5.41, 5.74) is -0.468. The number of aryl methyl sites for hydroxylation is 1. The van der Waals surface area contributed by atoms with Gasteiger partial charge >= 0.3 is 6.18 Å². The maximum atomic E-state index is 13.6. The SMILES string of the molecule is Cc1oc(/C=C/c2ccc(C(F)(F)F)cc2F)nc1CCl. The van der Waals surface area contributed by atoms with Gasteiger partial charge in [-0.2, -0.15) is 13.2 Å². The van der Waals surface area contributed by atoms with Crippen molar-refractivity contribution in [3.05, 3.63) is 52.5 Å². The standard InChI is InChI=1S/C14H10ClF4NO/c1-8-12(7-15)20-13(21-8)5-3-9-2-4-10(6-11(9)16)14(17,18)19/h2-6H,7H2,1H3/b5-3+. The van der Waals surface area contributed by atoms with E-state index in [4.69, 9.17) is 16.0 Å². The van der Waals surface area contributed by atoms with Crippen molar-refractivity contribution in [1.29, 1.82) is 0 Å². The van der Waals surface area contributed by atoms with E-state index in [0.717, 1.165) is 12.1 Å². The highest BCUT2D eigenvalue weighted by atomic mass is 35.5. The molecule has 21 heavy (non-hydrogen) atoms. The third kappa shape index (κ3) is 3.64. The highest BCUT2D eigenvalue weighted by Crippen LogP contribution is 2.30. The molecule has 0 saturated carbocycles. The second-order valence-electron chi connectivity index (χ2n) is 4.26. The van der Waals surface area contributed by atoms with Crippen LogP contribution in [0.25, 0.3) is 12.2 Å². The van der Waals surface area contributed by atoms with Crippen LogP contribution in [0.2, 0.25) is 0 Å². The predicted molar refractivity (Wildman–Crippen MR) is 71.1 cm³/mol. The quantitative estimate of drug-likeness (QED) is 0.584. The molecule has 0 aliphatic heterocycles. The molecule has 7 heteroatoms. The van der Waals surface area contributed by atoms with E-state index < -0.39 is 17.6 Å². The number of hydrogen-bond acceptors (Lipinski definition) is 2. The summed E-state index contributed by atoms with van der Waals surface area (Å²) in [4.78, 5) is 4.04. The number of hydrogen-bond donors (Lipinski definition) is 0. The highest BCUT2D eigenvalue weighted by Gasteiger charge is 2.30. The van der Waals surface area contributed by atoms with Crippen molar-refractivity contribution in [1.82, 2.24) is 4.98 Å². The van der Waals surface area contributed by atoms with Crippen LogP contribution in [0.3, 0.4) is 0 Å². The summed E-state index contributed by atoms with van der Waals surface area (Å²) in [6.45, 7) is 1.68. The lowest BCUT2D eigenvalue weighted by atomic mass is 10.1. The van der Waals surface area contributed by atoms with Crippen LogP contribution in [-0.2, 0) is 12.1 Å². The van der Waals surface area contributed by atoms with E-state index >= 15 is 0 Å². The summed E-state index contributed by atoms with van der Waals surface area (Å²) in [6, 6.07) is 2.31. The Balaban J connectivity index is 2.25. The summed E-state index contributed by atoms with van der Waals surface area (Å²) in [5, 5.41) is 0. The van der Waals surface area contributed by atoms with Gasteiger partial charge in [-0.1, -0.05) is 6.07 Å². The van der Waals surface area contributed by atoms with E-state index in [1.807, 2.05) is 0 Å². The number of nitrogens with zero attached hydrogens (tertiary/aromatic N) is 1. The zero-order valence-corrected chi connectivity index (χ0v) is 11.6. The first kappa shape index (κ1) is 15.6. The largest absolute Gasteiger partial charge is 0.442 e. The van der Waals surface area contributed by atoms with Gasteiger partial charge in [-0.25, -0.2) is 9.37 Å². The smallest absolute Gasteiger partial charge is 0.416 e. The molecular formula is C14H10ClF4NO. The van der Waals surface area contributed by atoms with Gasteiger partial charge in [0.05, 0.1) is 17.1 Å². The highest BCUT2D eigenvalue weighted by molar-refractivity contribution is 6.16. The summed E-state index contributed by atoms with van der Waals surface area (Å²) >= 11 is 5.63. The lowest BCUT2D eigenvalue weighted by molar-refractivity contribution is -0.137. The van der Waals surface area contributed by atoms with Crippen LogP contribution < -0.4 is 0 Å².